The van der Waals surface area contributed by atoms with Gasteiger partial charge in [0, 0.05) is 28.2 Å². The van der Waals surface area contributed by atoms with Gasteiger partial charge in [-0.1, -0.05) is 23.7 Å². The van der Waals surface area contributed by atoms with Gasteiger partial charge in [0.05, 0.1) is 19.4 Å². The van der Waals surface area contributed by atoms with Crippen LogP contribution in [0.3, 0.4) is 0 Å². The molecule has 39 heavy (non-hydrogen) atoms. The van der Waals surface area contributed by atoms with Gasteiger partial charge in [0.15, 0.2) is 0 Å². The molecule has 0 aliphatic carbocycles. The molecule has 10 heteroatoms. The second-order valence-electron chi connectivity index (χ2n) is 8.87. The molecular formula is C29H26ClN3O6. The second-order valence-corrected chi connectivity index (χ2v) is 9.30. The van der Waals surface area contributed by atoms with E-state index in [4.69, 9.17) is 20.8 Å². The number of methoxy groups -OCH3 is 1. The van der Waals surface area contributed by atoms with Crippen LogP contribution in [0, 0.1) is 13.8 Å². The Morgan fingerprint density at radius 1 is 1.00 bits per heavy atom. The zero-order chi connectivity index (χ0) is 28.3. The van der Waals surface area contributed by atoms with E-state index in [1.807, 2.05) is 32.0 Å². The number of hydrogen-bond donors (Lipinski definition) is 2. The SMILES string of the molecule is COC(=O)C1=C(C)N(c2ccc(C)c(C)c2)/C(=C/c2ccc(CNC(=O)C(=O)Nc3cccc(Cl)c3)o2)C1=O. The molecule has 0 fully saturated rings. The minimum absolute atomic E-state index is 0.0632. The number of halogens is 1. The molecule has 0 atom stereocenters. The Labute approximate surface area is 230 Å². The zero-order valence-corrected chi connectivity index (χ0v) is 22.5. The molecule has 3 aromatic rings. The van der Waals surface area contributed by atoms with Gasteiger partial charge in [-0.15, -0.1) is 0 Å². The molecule has 9 nitrogen and oxygen atoms in total. The molecule has 0 unspecified atom stereocenters. The number of hydrogen-bond acceptors (Lipinski definition) is 7. The highest BCUT2D eigenvalue weighted by Gasteiger charge is 2.38. The summed E-state index contributed by atoms with van der Waals surface area (Å²) in [5, 5.41) is 5.38. The third kappa shape index (κ3) is 5.94. The van der Waals surface area contributed by atoms with E-state index in [0.29, 0.717) is 33.6 Å². The Morgan fingerprint density at radius 3 is 2.46 bits per heavy atom. The van der Waals surface area contributed by atoms with Crippen molar-refractivity contribution in [1.29, 1.82) is 0 Å². The molecule has 0 radical (unpaired) electrons. The Hall–Kier alpha value is -4.63. The van der Waals surface area contributed by atoms with Crippen molar-refractivity contribution >= 4 is 52.6 Å². The maximum atomic E-state index is 13.3. The third-order valence-electron chi connectivity index (χ3n) is 6.21. The van der Waals surface area contributed by atoms with E-state index in [-0.39, 0.29) is 17.8 Å². The number of aryl methyl sites for hydroxylation is 2. The fourth-order valence-corrected chi connectivity index (χ4v) is 4.25. The number of carbonyl (C=O) groups is 4. The van der Waals surface area contributed by atoms with Crippen molar-refractivity contribution < 1.29 is 28.3 Å². The van der Waals surface area contributed by atoms with Crippen molar-refractivity contribution in [3.05, 3.63) is 99.2 Å². The van der Waals surface area contributed by atoms with Gasteiger partial charge in [-0.25, -0.2) is 4.79 Å². The van der Waals surface area contributed by atoms with Gasteiger partial charge >= 0.3 is 17.8 Å². The van der Waals surface area contributed by atoms with Crippen LogP contribution in [0.5, 0.6) is 0 Å². The summed E-state index contributed by atoms with van der Waals surface area (Å²) in [6.07, 6.45) is 1.52. The minimum Gasteiger partial charge on any atom is -0.465 e. The van der Waals surface area contributed by atoms with E-state index in [0.717, 1.165) is 11.1 Å². The van der Waals surface area contributed by atoms with E-state index < -0.39 is 23.6 Å². The smallest absolute Gasteiger partial charge is 0.343 e. The predicted molar refractivity (Wildman–Crippen MR) is 147 cm³/mol. The highest BCUT2D eigenvalue weighted by molar-refractivity contribution is 6.39. The average Bonchev–Trinajstić information content (AvgIpc) is 3.45. The Bertz CT molecular complexity index is 1550. The van der Waals surface area contributed by atoms with Gasteiger partial charge in [-0.05, 0) is 74.4 Å². The van der Waals surface area contributed by atoms with Gasteiger partial charge in [0.25, 0.3) is 0 Å². The first-order valence-electron chi connectivity index (χ1n) is 12.0. The Balaban J connectivity index is 1.52. The normalized spacial score (nSPS) is 14.1. The number of ketones is 1. The quantitative estimate of drug-likeness (QED) is 0.199. The highest BCUT2D eigenvalue weighted by atomic mass is 35.5. The summed E-state index contributed by atoms with van der Waals surface area (Å²) in [4.78, 5) is 51.8. The number of esters is 1. The molecule has 0 saturated heterocycles. The largest absolute Gasteiger partial charge is 0.465 e. The molecule has 2 amide bonds. The molecule has 2 heterocycles. The zero-order valence-electron chi connectivity index (χ0n) is 21.8. The molecule has 1 aromatic heterocycles. The molecule has 0 saturated carbocycles. The number of furan rings is 1. The van der Waals surface area contributed by atoms with Crippen LogP contribution in [0.4, 0.5) is 11.4 Å². The van der Waals surface area contributed by atoms with E-state index in [1.165, 1.54) is 19.3 Å². The van der Waals surface area contributed by atoms with E-state index in [2.05, 4.69) is 10.6 Å². The van der Waals surface area contributed by atoms with Crippen LogP contribution in [-0.2, 0) is 30.5 Å². The van der Waals surface area contributed by atoms with Crippen molar-refractivity contribution in [3.8, 4) is 0 Å². The number of carbonyl (C=O) groups excluding carboxylic acids is 4. The van der Waals surface area contributed by atoms with Crippen LogP contribution in [0.2, 0.25) is 5.02 Å². The third-order valence-corrected chi connectivity index (χ3v) is 6.44. The molecule has 0 bridgehead atoms. The number of anilines is 2. The first-order chi connectivity index (χ1) is 18.6. The summed E-state index contributed by atoms with van der Waals surface area (Å²) in [6.45, 7) is 5.56. The van der Waals surface area contributed by atoms with Crippen LogP contribution in [0.1, 0.15) is 29.6 Å². The number of nitrogens with one attached hydrogen (secondary N) is 2. The number of amides is 2. The van der Waals surface area contributed by atoms with Crippen molar-refractivity contribution in [2.75, 3.05) is 17.3 Å². The number of Topliss-reactive ketones (excluding diaryl/α,β-unsaturated/α-hetero) is 1. The topological polar surface area (TPSA) is 118 Å². The fraction of sp³-hybridized carbons (Fsp3) is 0.172. The van der Waals surface area contributed by atoms with Crippen molar-refractivity contribution in [1.82, 2.24) is 5.32 Å². The van der Waals surface area contributed by atoms with Gasteiger partial charge in [0.2, 0.25) is 5.78 Å². The first-order valence-corrected chi connectivity index (χ1v) is 12.3. The molecule has 1 aliphatic rings. The molecule has 200 valence electrons. The summed E-state index contributed by atoms with van der Waals surface area (Å²) in [6, 6.07) is 15.4. The van der Waals surface area contributed by atoms with Gasteiger partial charge in [-0.3, -0.25) is 14.4 Å². The Morgan fingerprint density at radius 2 is 1.77 bits per heavy atom. The number of rotatable bonds is 6. The lowest BCUT2D eigenvalue weighted by atomic mass is 10.1. The minimum atomic E-state index is -0.860. The summed E-state index contributed by atoms with van der Waals surface area (Å²) < 4.78 is 10.6. The highest BCUT2D eigenvalue weighted by Crippen LogP contribution is 2.36. The molecule has 1 aliphatic heterocycles. The number of benzene rings is 2. The number of ether oxygens (including phenoxy) is 1. The van der Waals surface area contributed by atoms with Gasteiger partial charge in [-0.2, -0.15) is 0 Å². The second kappa shape index (κ2) is 11.4. The Kier molecular flexibility index (Phi) is 8.01. The molecule has 2 N–H and O–H groups in total. The predicted octanol–water partition coefficient (Wildman–Crippen LogP) is 4.68. The fourth-order valence-electron chi connectivity index (χ4n) is 4.06. The number of nitrogens with zero attached hydrogens (tertiary/aromatic N) is 1. The van der Waals surface area contributed by atoms with Crippen LogP contribution >= 0.6 is 11.6 Å². The van der Waals surface area contributed by atoms with Crippen LogP contribution < -0.4 is 15.5 Å². The van der Waals surface area contributed by atoms with Crippen molar-refractivity contribution in [2.24, 2.45) is 0 Å². The summed E-state index contributed by atoms with van der Waals surface area (Å²) >= 11 is 5.90. The lowest BCUT2D eigenvalue weighted by Gasteiger charge is -2.22. The summed E-state index contributed by atoms with van der Waals surface area (Å²) in [5.74, 6) is -2.27. The van der Waals surface area contributed by atoms with E-state index in [9.17, 15) is 19.2 Å². The van der Waals surface area contributed by atoms with E-state index >= 15 is 0 Å². The molecule has 4 rings (SSSR count). The molecule has 2 aromatic carbocycles. The van der Waals surface area contributed by atoms with Crippen molar-refractivity contribution in [2.45, 2.75) is 27.3 Å². The lowest BCUT2D eigenvalue weighted by molar-refractivity contribution is -0.137. The first kappa shape index (κ1) is 27.4. The van der Waals surface area contributed by atoms with E-state index in [1.54, 1.807) is 42.2 Å². The maximum Gasteiger partial charge on any atom is 0.343 e. The van der Waals surface area contributed by atoms with Crippen LogP contribution in [0.25, 0.3) is 6.08 Å². The molecule has 0 spiro atoms. The maximum absolute atomic E-state index is 13.3. The summed E-state index contributed by atoms with van der Waals surface area (Å²) in [7, 11) is 1.22. The standard InChI is InChI=1S/C29H26ClN3O6/c1-16-8-9-21(12-17(16)2)33-18(3)25(29(37)38-4)26(34)24(33)14-22-10-11-23(39-22)15-31-27(35)28(36)32-20-7-5-6-19(30)13-20/h5-14H,15H2,1-4H3,(H,31,35)(H,32,36)/b24-14+. The molecular weight excluding hydrogens is 522 g/mol. The monoisotopic (exact) mass is 547 g/mol. The number of allylic oxidation sites excluding steroid dienone is 2. The van der Waals surface area contributed by atoms with Gasteiger partial charge < -0.3 is 24.7 Å². The summed E-state index contributed by atoms with van der Waals surface area (Å²) in [5.41, 5.74) is 3.79. The lowest BCUT2D eigenvalue weighted by Crippen LogP contribution is -2.34. The average molecular weight is 548 g/mol. The van der Waals surface area contributed by atoms with Crippen molar-refractivity contribution in [3.63, 3.8) is 0 Å². The van der Waals surface area contributed by atoms with Gasteiger partial charge in [0.1, 0.15) is 17.1 Å². The van der Waals surface area contributed by atoms with Crippen LogP contribution in [-0.4, -0.2) is 30.7 Å². The van der Waals surface area contributed by atoms with Crippen LogP contribution in [0.15, 0.2) is 76.0 Å².